The Balaban J connectivity index is 1.95. The van der Waals surface area contributed by atoms with E-state index in [9.17, 15) is 0 Å². The third kappa shape index (κ3) is 2.83. The largest absolute Gasteiger partial charge is 0.456 e. The Morgan fingerprint density at radius 2 is 1.71 bits per heavy atom. The van der Waals surface area contributed by atoms with Crippen LogP contribution in [0, 0.1) is 20.4 Å². The SMILES string of the molecule is [C-]#[N+]c1ccc2c(c1)oc1c(-c3cc(C(C)C)c4ccccc4[n+]3C)c(C)c(C)cc12. The number of para-hydroxylation sites is 1. The van der Waals surface area contributed by atoms with Gasteiger partial charge in [0, 0.05) is 28.3 Å². The lowest BCUT2D eigenvalue weighted by Gasteiger charge is -2.14. The molecule has 5 aromatic rings. The Morgan fingerprint density at radius 1 is 0.935 bits per heavy atom. The third-order valence-electron chi connectivity index (χ3n) is 6.50. The van der Waals surface area contributed by atoms with E-state index < -0.39 is 0 Å². The Labute approximate surface area is 182 Å². The lowest BCUT2D eigenvalue weighted by Crippen LogP contribution is -2.33. The molecule has 3 aromatic carbocycles. The average Bonchev–Trinajstić information content (AvgIpc) is 3.12. The van der Waals surface area contributed by atoms with Gasteiger partial charge >= 0.3 is 0 Å². The second-order valence-electron chi connectivity index (χ2n) is 8.68. The standard InChI is InChI=1S/C28H25N2O/c1-16(2)22-15-25(30(6)24-10-8-7-9-20(22)24)27-18(4)17(3)13-23-21-12-11-19(29-5)14-26(21)31-28(23)27/h7-16H,1-4,6H3/q+1. The van der Waals surface area contributed by atoms with Crippen molar-refractivity contribution in [1.82, 2.24) is 0 Å². The number of aromatic nitrogens is 1. The molecule has 3 heteroatoms. The van der Waals surface area contributed by atoms with Gasteiger partial charge in [0.1, 0.15) is 18.2 Å². The summed E-state index contributed by atoms with van der Waals surface area (Å²) in [5, 5.41) is 3.44. The molecular formula is C28H25N2O+. The normalized spacial score (nSPS) is 11.6. The summed E-state index contributed by atoms with van der Waals surface area (Å²) in [7, 11) is 2.13. The number of nitrogens with zero attached hydrogens (tertiary/aromatic N) is 2. The molecule has 31 heavy (non-hydrogen) atoms. The van der Waals surface area contributed by atoms with Crippen molar-refractivity contribution >= 4 is 38.5 Å². The van der Waals surface area contributed by atoms with Gasteiger partial charge in [-0.1, -0.05) is 38.1 Å². The quantitative estimate of drug-likeness (QED) is 0.220. The minimum absolute atomic E-state index is 0.405. The number of benzene rings is 3. The molecule has 0 fully saturated rings. The summed E-state index contributed by atoms with van der Waals surface area (Å²) in [6.07, 6.45) is 0. The predicted molar refractivity (Wildman–Crippen MR) is 128 cm³/mol. The zero-order chi connectivity index (χ0) is 21.9. The summed E-state index contributed by atoms with van der Waals surface area (Å²) in [5.41, 5.74) is 9.54. The van der Waals surface area contributed by atoms with Crippen LogP contribution in [0.3, 0.4) is 0 Å². The molecule has 0 spiro atoms. The van der Waals surface area contributed by atoms with Crippen LogP contribution in [0.4, 0.5) is 5.69 Å². The van der Waals surface area contributed by atoms with E-state index in [2.05, 4.69) is 80.6 Å². The Morgan fingerprint density at radius 3 is 2.45 bits per heavy atom. The molecule has 0 amide bonds. The van der Waals surface area contributed by atoms with Gasteiger partial charge < -0.3 is 4.42 Å². The number of hydrogen-bond acceptors (Lipinski definition) is 1. The van der Waals surface area contributed by atoms with E-state index in [1.807, 2.05) is 18.2 Å². The molecule has 0 aliphatic rings. The van der Waals surface area contributed by atoms with Crippen LogP contribution in [-0.2, 0) is 7.05 Å². The first-order chi connectivity index (χ1) is 14.9. The molecule has 0 saturated carbocycles. The van der Waals surface area contributed by atoms with Crippen molar-refractivity contribution < 1.29 is 8.98 Å². The van der Waals surface area contributed by atoms with Crippen LogP contribution >= 0.6 is 0 Å². The number of hydrogen-bond donors (Lipinski definition) is 0. The zero-order valence-electron chi connectivity index (χ0n) is 18.6. The first kappa shape index (κ1) is 19.3. The second kappa shape index (κ2) is 6.96. The first-order valence-corrected chi connectivity index (χ1v) is 10.7. The van der Waals surface area contributed by atoms with Crippen molar-refractivity contribution in [3.63, 3.8) is 0 Å². The van der Waals surface area contributed by atoms with Crippen LogP contribution in [0.15, 0.2) is 59.0 Å². The van der Waals surface area contributed by atoms with Crippen LogP contribution < -0.4 is 4.57 Å². The molecule has 2 aromatic heterocycles. The number of aryl methyl sites for hydroxylation is 2. The smallest absolute Gasteiger partial charge is 0.217 e. The van der Waals surface area contributed by atoms with Crippen LogP contribution in [0.25, 0.3) is 48.9 Å². The summed E-state index contributed by atoms with van der Waals surface area (Å²) < 4.78 is 8.71. The molecule has 2 heterocycles. The molecule has 3 nitrogen and oxygen atoms in total. The van der Waals surface area contributed by atoms with Crippen LogP contribution in [0.5, 0.6) is 0 Å². The van der Waals surface area contributed by atoms with E-state index in [1.54, 1.807) is 0 Å². The van der Waals surface area contributed by atoms with Gasteiger partial charge in [0.2, 0.25) is 11.2 Å². The summed E-state index contributed by atoms with van der Waals surface area (Å²) in [6, 6.07) is 18.9. The number of fused-ring (bicyclic) bond motifs is 4. The number of rotatable bonds is 2. The van der Waals surface area contributed by atoms with Gasteiger partial charge in [0.05, 0.1) is 12.1 Å². The van der Waals surface area contributed by atoms with E-state index in [0.717, 1.165) is 33.2 Å². The van der Waals surface area contributed by atoms with Gasteiger partial charge in [-0.15, -0.1) is 0 Å². The highest BCUT2D eigenvalue weighted by Crippen LogP contribution is 2.40. The zero-order valence-corrected chi connectivity index (χ0v) is 18.6. The average molecular weight is 406 g/mol. The maximum absolute atomic E-state index is 7.35. The summed E-state index contributed by atoms with van der Waals surface area (Å²) in [5.74, 6) is 0.405. The van der Waals surface area contributed by atoms with Crippen molar-refractivity contribution in [2.45, 2.75) is 33.6 Å². The molecule has 152 valence electrons. The van der Waals surface area contributed by atoms with Crippen molar-refractivity contribution in [3.05, 3.63) is 82.7 Å². The Kier molecular flexibility index (Phi) is 4.34. The molecule has 0 saturated heterocycles. The van der Waals surface area contributed by atoms with Crippen molar-refractivity contribution in [1.29, 1.82) is 0 Å². The molecule has 0 atom stereocenters. The molecule has 0 bridgehead atoms. The van der Waals surface area contributed by atoms with E-state index in [-0.39, 0.29) is 0 Å². The van der Waals surface area contributed by atoms with E-state index in [4.69, 9.17) is 11.0 Å². The molecule has 0 aliphatic heterocycles. The van der Waals surface area contributed by atoms with Gasteiger partial charge in [0.15, 0.2) is 5.69 Å². The number of furan rings is 1. The van der Waals surface area contributed by atoms with Crippen LogP contribution in [-0.4, -0.2) is 0 Å². The maximum atomic E-state index is 7.35. The first-order valence-electron chi connectivity index (χ1n) is 10.7. The monoisotopic (exact) mass is 405 g/mol. The molecule has 0 radical (unpaired) electrons. The minimum atomic E-state index is 0.405. The molecule has 0 N–H and O–H groups in total. The molecular weight excluding hydrogens is 380 g/mol. The van der Waals surface area contributed by atoms with Crippen LogP contribution in [0.1, 0.15) is 36.5 Å². The fourth-order valence-electron chi connectivity index (χ4n) is 4.68. The second-order valence-corrected chi connectivity index (χ2v) is 8.68. The number of pyridine rings is 1. The van der Waals surface area contributed by atoms with E-state index in [1.165, 1.54) is 27.6 Å². The van der Waals surface area contributed by atoms with Gasteiger partial charge in [-0.25, -0.2) is 4.85 Å². The Bertz CT molecular complexity index is 1550. The highest BCUT2D eigenvalue weighted by atomic mass is 16.3. The molecule has 0 unspecified atom stereocenters. The third-order valence-corrected chi connectivity index (χ3v) is 6.50. The van der Waals surface area contributed by atoms with Gasteiger partial charge in [-0.05, 0) is 54.7 Å². The summed E-state index contributed by atoms with van der Waals surface area (Å²) >= 11 is 0. The van der Waals surface area contributed by atoms with Crippen molar-refractivity contribution in [2.75, 3.05) is 0 Å². The van der Waals surface area contributed by atoms with Crippen molar-refractivity contribution in [3.8, 4) is 11.3 Å². The Hall–Kier alpha value is -3.64. The lowest BCUT2D eigenvalue weighted by atomic mass is 9.92. The minimum Gasteiger partial charge on any atom is -0.456 e. The summed E-state index contributed by atoms with van der Waals surface area (Å²) in [4.78, 5) is 3.57. The molecule has 0 aliphatic carbocycles. The predicted octanol–water partition coefficient (Wildman–Crippen LogP) is 7.52. The molecule has 5 rings (SSSR count). The van der Waals surface area contributed by atoms with Gasteiger partial charge in [-0.3, -0.25) is 0 Å². The topological polar surface area (TPSA) is 21.4 Å². The fraction of sp³-hybridized carbons (Fsp3) is 0.214. The highest BCUT2D eigenvalue weighted by Gasteiger charge is 2.25. The summed E-state index contributed by atoms with van der Waals surface area (Å²) in [6.45, 7) is 16.2. The van der Waals surface area contributed by atoms with Gasteiger partial charge in [-0.2, -0.15) is 4.57 Å². The lowest BCUT2D eigenvalue weighted by molar-refractivity contribution is -0.633. The van der Waals surface area contributed by atoms with Gasteiger partial charge in [0.25, 0.3) is 0 Å². The van der Waals surface area contributed by atoms with E-state index in [0.29, 0.717) is 11.6 Å². The van der Waals surface area contributed by atoms with E-state index >= 15 is 0 Å². The van der Waals surface area contributed by atoms with Crippen LogP contribution in [0.2, 0.25) is 0 Å². The maximum Gasteiger partial charge on any atom is 0.217 e. The fourth-order valence-corrected chi connectivity index (χ4v) is 4.68. The van der Waals surface area contributed by atoms with Crippen molar-refractivity contribution in [2.24, 2.45) is 7.05 Å². The highest BCUT2D eigenvalue weighted by molar-refractivity contribution is 6.11.